The Hall–Kier alpha value is -2.57. The fraction of sp³-hybridized carbons (Fsp3) is 0.571. The number of anilines is 1. The van der Waals surface area contributed by atoms with Gasteiger partial charge in [-0.05, 0) is 31.0 Å². The second-order valence-corrected chi connectivity index (χ2v) is 7.65. The van der Waals surface area contributed by atoms with E-state index in [0.717, 1.165) is 13.1 Å². The molecule has 28 heavy (non-hydrogen) atoms. The van der Waals surface area contributed by atoms with E-state index in [1.165, 1.54) is 16.8 Å². The zero-order valence-corrected chi connectivity index (χ0v) is 17.1. The van der Waals surface area contributed by atoms with Gasteiger partial charge in [0.05, 0.1) is 0 Å². The van der Waals surface area contributed by atoms with Crippen molar-refractivity contribution >= 4 is 23.4 Å². The van der Waals surface area contributed by atoms with Gasteiger partial charge in [0.25, 0.3) is 0 Å². The first kappa shape index (κ1) is 20.2. The maximum atomic E-state index is 12.6. The third kappa shape index (κ3) is 4.46. The van der Waals surface area contributed by atoms with E-state index in [2.05, 4.69) is 36.9 Å². The lowest BCUT2D eigenvalue weighted by Gasteiger charge is -2.38. The molecule has 0 radical (unpaired) electrons. The Bertz CT molecular complexity index is 748. The van der Waals surface area contributed by atoms with Gasteiger partial charge in [0.2, 0.25) is 17.7 Å². The molecule has 0 unspecified atom stereocenters. The molecule has 3 amide bonds. The van der Waals surface area contributed by atoms with Gasteiger partial charge in [0.1, 0.15) is 6.42 Å². The normalized spacial score (nSPS) is 17.7. The maximum Gasteiger partial charge on any atom is 0.232 e. The van der Waals surface area contributed by atoms with Crippen LogP contribution in [-0.2, 0) is 14.4 Å². The van der Waals surface area contributed by atoms with Crippen molar-refractivity contribution in [3.63, 3.8) is 0 Å². The zero-order chi connectivity index (χ0) is 20.3. The van der Waals surface area contributed by atoms with E-state index in [4.69, 9.17) is 0 Å². The topological polar surface area (TPSA) is 64.2 Å². The maximum absolute atomic E-state index is 12.6. The predicted molar refractivity (Wildman–Crippen MR) is 108 cm³/mol. The summed E-state index contributed by atoms with van der Waals surface area (Å²) in [6.45, 7) is 10.7. The highest BCUT2D eigenvalue weighted by Crippen LogP contribution is 2.24. The lowest BCUT2D eigenvalue weighted by atomic mass is 10.1. The van der Waals surface area contributed by atoms with Crippen molar-refractivity contribution in [3.05, 3.63) is 29.3 Å². The molecule has 0 atom stereocenters. The molecule has 0 aliphatic carbocycles. The van der Waals surface area contributed by atoms with Crippen molar-refractivity contribution in [2.24, 2.45) is 0 Å². The highest BCUT2D eigenvalue weighted by atomic mass is 16.2. The molecular weight excluding hydrogens is 356 g/mol. The SMILES string of the molecule is CC(=O)N1CCN(C(=O)CC(=O)N2CCN(c3cccc(C)c3C)CC2)CC1. The Balaban J connectivity index is 1.48. The van der Waals surface area contributed by atoms with Gasteiger partial charge < -0.3 is 19.6 Å². The molecule has 0 spiro atoms. The summed E-state index contributed by atoms with van der Waals surface area (Å²) < 4.78 is 0. The number of carbonyl (C=O) groups excluding carboxylic acids is 3. The summed E-state index contributed by atoms with van der Waals surface area (Å²) in [6, 6.07) is 6.31. The number of piperazine rings is 2. The van der Waals surface area contributed by atoms with E-state index in [1.807, 2.05) is 0 Å². The number of aryl methyl sites for hydroxylation is 1. The molecule has 7 heteroatoms. The summed E-state index contributed by atoms with van der Waals surface area (Å²) in [5, 5.41) is 0. The summed E-state index contributed by atoms with van der Waals surface area (Å²) in [6.07, 6.45) is -0.0798. The Morgan fingerprint density at radius 3 is 1.82 bits per heavy atom. The van der Waals surface area contributed by atoms with Crippen LogP contribution >= 0.6 is 0 Å². The van der Waals surface area contributed by atoms with Crippen molar-refractivity contribution in [3.8, 4) is 0 Å². The standard InChI is InChI=1S/C21H30N4O3/c1-16-5-4-6-19(17(16)2)23-9-13-25(14-10-23)21(28)15-20(27)24-11-7-22(8-12-24)18(3)26/h4-6H,7-15H2,1-3H3. The van der Waals surface area contributed by atoms with Crippen LogP contribution in [0, 0.1) is 13.8 Å². The van der Waals surface area contributed by atoms with Gasteiger partial charge in [-0.2, -0.15) is 0 Å². The zero-order valence-electron chi connectivity index (χ0n) is 17.1. The van der Waals surface area contributed by atoms with Crippen LogP contribution in [0.4, 0.5) is 5.69 Å². The van der Waals surface area contributed by atoms with E-state index >= 15 is 0 Å². The van der Waals surface area contributed by atoms with Gasteiger partial charge in [-0.3, -0.25) is 14.4 Å². The van der Waals surface area contributed by atoms with Crippen LogP contribution in [0.25, 0.3) is 0 Å². The minimum Gasteiger partial charge on any atom is -0.368 e. The Labute approximate surface area is 166 Å². The van der Waals surface area contributed by atoms with Crippen LogP contribution in [0.2, 0.25) is 0 Å². The van der Waals surface area contributed by atoms with Crippen LogP contribution < -0.4 is 4.90 Å². The van der Waals surface area contributed by atoms with Gasteiger partial charge >= 0.3 is 0 Å². The average molecular weight is 386 g/mol. The molecular formula is C21H30N4O3. The quantitative estimate of drug-likeness (QED) is 0.728. The van der Waals surface area contributed by atoms with Gasteiger partial charge in [-0.1, -0.05) is 12.1 Å². The van der Waals surface area contributed by atoms with E-state index in [0.29, 0.717) is 39.3 Å². The lowest BCUT2D eigenvalue weighted by Crippen LogP contribution is -2.52. The fourth-order valence-electron chi connectivity index (χ4n) is 3.90. The molecule has 2 heterocycles. The summed E-state index contributed by atoms with van der Waals surface area (Å²) in [5.74, 6) is -0.199. The van der Waals surface area contributed by atoms with E-state index in [-0.39, 0.29) is 24.1 Å². The molecule has 3 rings (SSSR count). The number of hydrogen-bond acceptors (Lipinski definition) is 4. The Kier molecular flexibility index (Phi) is 6.21. The van der Waals surface area contributed by atoms with Crippen molar-refractivity contribution in [2.75, 3.05) is 57.3 Å². The number of nitrogens with zero attached hydrogens (tertiary/aromatic N) is 4. The van der Waals surface area contributed by atoms with Crippen LogP contribution in [0.15, 0.2) is 18.2 Å². The number of benzene rings is 1. The van der Waals surface area contributed by atoms with Crippen molar-refractivity contribution in [1.82, 2.24) is 14.7 Å². The highest BCUT2D eigenvalue weighted by Gasteiger charge is 2.27. The molecule has 0 saturated carbocycles. The average Bonchev–Trinajstić information content (AvgIpc) is 2.70. The monoisotopic (exact) mass is 386 g/mol. The molecule has 2 fully saturated rings. The summed E-state index contributed by atoms with van der Waals surface area (Å²) in [5.41, 5.74) is 3.78. The second kappa shape index (κ2) is 8.63. The molecule has 0 N–H and O–H groups in total. The second-order valence-electron chi connectivity index (χ2n) is 7.65. The highest BCUT2D eigenvalue weighted by molar-refractivity contribution is 5.97. The van der Waals surface area contributed by atoms with E-state index < -0.39 is 0 Å². The van der Waals surface area contributed by atoms with Crippen LogP contribution in [-0.4, -0.2) is 84.8 Å². The number of amides is 3. The van der Waals surface area contributed by atoms with Crippen LogP contribution in [0.1, 0.15) is 24.5 Å². The van der Waals surface area contributed by atoms with Gasteiger partial charge in [0, 0.05) is 65.0 Å². The molecule has 1 aromatic carbocycles. The van der Waals surface area contributed by atoms with Gasteiger partial charge in [-0.15, -0.1) is 0 Å². The minimum absolute atomic E-state index is 0.0323. The lowest BCUT2D eigenvalue weighted by molar-refractivity contribution is -0.144. The minimum atomic E-state index is -0.134. The van der Waals surface area contributed by atoms with Gasteiger partial charge in [-0.25, -0.2) is 0 Å². The summed E-state index contributed by atoms with van der Waals surface area (Å²) >= 11 is 0. The molecule has 2 aliphatic rings. The van der Waals surface area contributed by atoms with E-state index in [9.17, 15) is 14.4 Å². The Morgan fingerprint density at radius 1 is 0.786 bits per heavy atom. The molecule has 0 aromatic heterocycles. The summed E-state index contributed by atoms with van der Waals surface area (Å²) in [7, 11) is 0. The Morgan fingerprint density at radius 2 is 1.29 bits per heavy atom. The molecule has 2 aliphatic heterocycles. The van der Waals surface area contributed by atoms with Gasteiger partial charge in [0.15, 0.2) is 0 Å². The molecule has 1 aromatic rings. The smallest absolute Gasteiger partial charge is 0.232 e. The largest absolute Gasteiger partial charge is 0.368 e. The first-order valence-electron chi connectivity index (χ1n) is 9.99. The molecule has 0 bridgehead atoms. The number of rotatable bonds is 3. The van der Waals surface area contributed by atoms with Crippen LogP contribution in [0.5, 0.6) is 0 Å². The molecule has 7 nitrogen and oxygen atoms in total. The first-order valence-corrected chi connectivity index (χ1v) is 9.99. The first-order chi connectivity index (χ1) is 13.4. The van der Waals surface area contributed by atoms with Crippen molar-refractivity contribution in [2.45, 2.75) is 27.2 Å². The van der Waals surface area contributed by atoms with Crippen molar-refractivity contribution in [1.29, 1.82) is 0 Å². The molecule has 2 saturated heterocycles. The summed E-state index contributed by atoms with van der Waals surface area (Å²) in [4.78, 5) is 44.0. The molecule has 152 valence electrons. The van der Waals surface area contributed by atoms with E-state index in [1.54, 1.807) is 21.6 Å². The van der Waals surface area contributed by atoms with Crippen LogP contribution in [0.3, 0.4) is 0 Å². The third-order valence-corrected chi connectivity index (χ3v) is 5.93. The third-order valence-electron chi connectivity index (χ3n) is 5.93. The predicted octanol–water partition coefficient (Wildman–Crippen LogP) is 1.03. The van der Waals surface area contributed by atoms with Crippen molar-refractivity contribution < 1.29 is 14.4 Å². The fourth-order valence-corrected chi connectivity index (χ4v) is 3.90. The number of carbonyl (C=O) groups is 3. The number of hydrogen-bond donors (Lipinski definition) is 0.